The Labute approximate surface area is 154 Å². The summed E-state index contributed by atoms with van der Waals surface area (Å²) in [6.45, 7) is 4.39. The number of hydrogen-bond acceptors (Lipinski definition) is 6. The summed E-state index contributed by atoms with van der Waals surface area (Å²) in [5.74, 6) is 0.905. The van der Waals surface area contributed by atoms with Gasteiger partial charge in [-0.1, -0.05) is 43.3 Å². The minimum absolute atomic E-state index is 0.0852. The molecular weight excluding hydrogens is 348 g/mol. The van der Waals surface area contributed by atoms with Crippen molar-refractivity contribution in [3.63, 3.8) is 0 Å². The SMILES string of the molecule is CCc1ccc(-c2noc(Cn3cnc4sc(CC)cc4c3=O)n2)cc1. The zero-order valence-electron chi connectivity index (χ0n) is 14.6. The van der Waals surface area contributed by atoms with Gasteiger partial charge in [0.15, 0.2) is 0 Å². The maximum Gasteiger partial charge on any atom is 0.262 e. The van der Waals surface area contributed by atoms with E-state index in [4.69, 9.17) is 4.52 Å². The molecule has 3 heterocycles. The first-order chi connectivity index (χ1) is 12.7. The van der Waals surface area contributed by atoms with Gasteiger partial charge in [0.25, 0.3) is 5.56 Å². The smallest absolute Gasteiger partial charge is 0.262 e. The van der Waals surface area contributed by atoms with Crippen molar-refractivity contribution in [2.75, 3.05) is 0 Å². The fourth-order valence-corrected chi connectivity index (χ4v) is 3.69. The van der Waals surface area contributed by atoms with Crippen LogP contribution in [0.15, 0.2) is 46.0 Å². The molecule has 0 saturated carbocycles. The molecule has 1 aromatic carbocycles. The first kappa shape index (κ1) is 16.7. The predicted octanol–water partition coefficient (Wildman–Crippen LogP) is 3.68. The lowest BCUT2D eigenvalue weighted by atomic mass is 10.1. The van der Waals surface area contributed by atoms with Crippen molar-refractivity contribution in [1.29, 1.82) is 0 Å². The third kappa shape index (κ3) is 3.06. The van der Waals surface area contributed by atoms with Crippen LogP contribution in [-0.2, 0) is 19.4 Å². The van der Waals surface area contributed by atoms with Gasteiger partial charge in [-0.15, -0.1) is 11.3 Å². The van der Waals surface area contributed by atoms with Crippen LogP contribution in [0.2, 0.25) is 0 Å². The number of aryl methyl sites for hydroxylation is 2. The Morgan fingerprint density at radius 3 is 2.69 bits per heavy atom. The number of fused-ring (bicyclic) bond motifs is 1. The van der Waals surface area contributed by atoms with Crippen LogP contribution < -0.4 is 5.56 Å². The number of nitrogens with zero attached hydrogens (tertiary/aromatic N) is 4. The summed E-state index contributed by atoms with van der Waals surface area (Å²) in [7, 11) is 0. The lowest BCUT2D eigenvalue weighted by Gasteiger charge is -2.00. The molecule has 4 rings (SSSR count). The number of aromatic nitrogens is 4. The van der Waals surface area contributed by atoms with Crippen LogP contribution in [0.1, 0.15) is 30.2 Å². The maximum absolute atomic E-state index is 12.6. The Bertz CT molecular complexity index is 1110. The summed E-state index contributed by atoms with van der Waals surface area (Å²) in [4.78, 5) is 23.4. The molecule has 0 spiro atoms. The highest BCUT2D eigenvalue weighted by Crippen LogP contribution is 2.21. The number of thiophene rings is 1. The molecule has 0 saturated heterocycles. The van der Waals surface area contributed by atoms with Gasteiger partial charge < -0.3 is 4.52 Å². The van der Waals surface area contributed by atoms with Gasteiger partial charge in [0, 0.05) is 10.4 Å². The van der Waals surface area contributed by atoms with E-state index in [-0.39, 0.29) is 12.1 Å². The van der Waals surface area contributed by atoms with Crippen molar-refractivity contribution in [3.8, 4) is 11.4 Å². The van der Waals surface area contributed by atoms with Crippen molar-refractivity contribution >= 4 is 21.6 Å². The standard InChI is InChI=1S/C19H18N4O2S/c1-3-12-5-7-13(8-6-12)17-21-16(25-22-17)10-23-11-20-18-15(19(23)24)9-14(4-2)26-18/h5-9,11H,3-4,10H2,1-2H3. The molecule has 0 unspecified atom stereocenters. The van der Waals surface area contributed by atoms with Crippen molar-refractivity contribution in [1.82, 2.24) is 19.7 Å². The second-order valence-electron chi connectivity index (χ2n) is 6.02. The molecule has 0 N–H and O–H groups in total. The third-order valence-electron chi connectivity index (χ3n) is 4.31. The molecule has 3 aromatic heterocycles. The molecule has 132 valence electrons. The van der Waals surface area contributed by atoms with Crippen LogP contribution in [0.4, 0.5) is 0 Å². The molecule has 0 bridgehead atoms. The van der Waals surface area contributed by atoms with E-state index in [2.05, 4.69) is 41.1 Å². The molecule has 26 heavy (non-hydrogen) atoms. The summed E-state index contributed by atoms with van der Waals surface area (Å²) < 4.78 is 6.83. The Balaban J connectivity index is 1.61. The average molecular weight is 366 g/mol. The Kier molecular flexibility index (Phi) is 4.38. The zero-order chi connectivity index (χ0) is 18.1. The number of rotatable bonds is 5. The first-order valence-electron chi connectivity index (χ1n) is 8.57. The second-order valence-corrected chi connectivity index (χ2v) is 7.14. The molecule has 0 aliphatic rings. The quantitative estimate of drug-likeness (QED) is 0.539. The van der Waals surface area contributed by atoms with E-state index in [1.54, 1.807) is 17.7 Å². The van der Waals surface area contributed by atoms with Crippen LogP contribution in [0, 0.1) is 0 Å². The molecule has 0 aliphatic carbocycles. The maximum atomic E-state index is 12.6. The van der Waals surface area contributed by atoms with Crippen LogP contribution in [0.5, 0.6) is 0 Å². The normalized spacial score (nSPS) is 11.3. The Hall–Kier alpha value is -2.80. The van der Waals surface area contributed by atoms with E-state index in [0.29, 0.717) is 17.1 Å². The minimum atomic E-state index is -0.0852. The summed E-state index contributed by atoms with van der Waals surface area (Å²) in [6, 6.07) is 9.97. The van der Waals surface area contributed by atoms with E-state index >= 15 is 0 Å². The van der Waals surface area contributed by atoms with Crippen molar-refractivity contribution in [2.45, 2.75) is 33.2 Å². The summed E-state index contributed by atoms with van der Waals surface area (Å²) in [6.07, 6.45) is 3.42. The lowest BCUT2D eigenvalue weighted by molar-refractivity contribution is 0.369. The van der Waals surface area contributed by atoms with Gasteiger partial charge >= 0.3 is 0 Å². The highest BCUT2D eigenvalue weighted by Gasteiger charge is 2.13. The Morgan fingerprint density at radius 2 is 1.96 bits per heavy atom. The molecule has 0 atom stereocenters. The van der Waals surface area contributed by atoms with E-state index in [9.17, 15) is 4.79 Å². The van der Waals surface area contributed by atoms with Gasteiger partial charge in [0.05, 0.1) is 11.7 Å². The van der Waals surface area contributed by atoms with Crippen molar-refractivity contribution < 1.29 is 4.52 Å². The van der Waals surface area contributed by atoms with Gasteiger partial charge in [0.1, 0.15) is 11.4 Å². The molecule has 0 radical (unpaired) electrons. The molecular formula is C19H18N4O2S. The van der Waals surface area contributed by atoms with Gasteiger partial charge in [-0.3, -0.25) is 9.36 Å². The molecule has 4 aromatic rings. The number of hydrogen-bond donors (Lipinski definition) is 0. The van der Waals surface area contributed by atoms with E-state index in [0.717, 1.165) is 28.1 Å². The molecule has 7 heteroatoms. The fraction of sp³-hybridized carbons (Fsp3) is 0.263. The minimum Gasteiger partial charge on any atom is -0.337 e. The average Bonchev–Trinajstić information content (AvgIpc) is 3.31. The first-order valence-corrected chi connectivity index (χ1v) is 9.39. The van der Waals surface area contributed by atoms with E-state index in [1.165, 1.54) is 10.1 Å². The van der Waals surface area contributed by atoms with Crippen LogP contribution in [0.25, 0.3) is 21.6 Å². The fourth-order valence-electron chi connectivity index (χ4n) is 2.77. The summed E-state index contributed by atoms with van der Waals surface area (Å²) >= 11 is 1.55. The van der Waals surface area contributed by atoms with Gasteiger partial charge in [-0.05, 0) is 24.5 Å². The van der Waals surface area contributed by atoms with Gasteiger partial charge in [0.2, 0.25) is 11.7 Å². The van der Waals surface area contributed by atoms with Crippen molar-refractivity contribution in [3.05, 3.63) is 63.3 Å². The topological polar surface area (TPSA) is 73.8 Å². The zero-order valence-corrected chi connectivity index (χ0v) is 15.4. The molecule has 6 nitrogen and oxygen atoms in total. The molecule has 0 amide bonds. The highest BCUT2D eigenvalue weighted by atomic mass is 32.1. The van der Waals surface area contributed by atoms with Crippen LogP contribution in [-0.4, -0.2) is 19.7 Å². The van der Waals surface area contributed by atoms with Gasteiger partial charge in [-0.2, -0.15) is 4.98 Å². The predicted molar refractivity (Wildman–Crippen MR) is 101 cm³/mol. The van der Waals surface area contributed by atoms with Gasteiger partial charge in [-0.25, -0.2) is 4.98 Å². The molecule has 0 fully saturated rings. The number of benzene rings is 1. The van der Waals surface area contributed by atoms with Crippen molar-refractivity contribution in [2.24, 2.45) is 0 Å². The highest BCUT2D eigenvalue weighted by molar-refractivity contribution is 7.18. The second kappa shape index (κ2) is 6.84. The third-order valence-corrected chi connectivity index (χ3v) is 5.50. The van der Waals surface area contributed by atoms with Crippen LogP contribution in [0.3, 0.4) is 0 Å². The molecule has 0 aliphatic heterocycles. The monoisotopic (exact) mass is 366 g/mol. The summed E-state index contributed by atoms with van der Waals surface area (Å²) in [5.41, 5.74) is 2.06. The Morgan fingerprint density at radius 1 is 1.15 bits per heavy atom. The van der Waals surface area contributed by atoms with Crippen LogP contribution >= 0.6 is 11.3 Å². The van der Waals surface area contributed by atoms with E-state index < -0.39 is 0 Å². The van der Waals surface area contributed by atoms with E-state index in [1.807, 2.05) is 18.2 Å². The summed E-state index contributed by atoms with van der Waals surface area (Å²) in [5, 5.41) is 4.67. The lowest BCUT2D eigenvalue weighted by Crippen LogP contribution is -2.20. The largest absolute Gasteiger partial charge is 0.337 e.